The van der Waals surface area contributed by atoms with Crippen LogP contribution in [0, 0.1) is 0 Å². The lowest BCUT2D eigenvalue weighted by Crippen LogP contribution is -2.41. The number of amides is 2. The summed E-state index contributed by atoms with van der Waals surface area (Å²) in [5.74, 6) is -0.472. The van der Waals surface area contributed by atoms with Crippen LogP contribution in [0.1, 0.15) is 17.3 Å². The summed E-state index contributed by atoms with van der Waals surface area (Å²) in [6.07, 6.45) is 0. The third-order valence-corrected chi connectivity index (χ3v) is 2.54. The quantitative estimate of drug-likeness (QED) is 0.760. The molecule has 0 radical (unpaired) electrons. The normalized spacial score (nSPS) is 9.89. The average Bonchev–Trinajstić information content (AvgIpc) is 2.42. The first-order valence-corrected chi connectivity index (χ1v) is 5.91. The van der Waals surface area contributed by atoms with Crippen LogP contribution < -0.4 is 5.32 Å². The minimum absolute atomic E-state index is 0.0540. The molecular formula is C13H18N2O3. The zero-order valence-corrected chi connectivity index (χ0v) is 10.4. The van der Waals surface area contributed by atoms with Gasteiger partial charge in [0.05, 0.1) is 13.2 Å². The van der Waals surface area contributed by atoms with Gasteiger partial charge in [0.1, 0.15) is 0 Å². The number of hydrogen-bond donors (Lipinski definition) is 2. The maximum atomic E-state index is 11.7. The molecular weight excluding hydrogens is 232 g/mol. The molecule has 2 N–H and O–H groups in total. The van der Waals surface area contributed by atoms with E-state index in [9.17, 15) is 9.59 Å². The monoisotopic (exact) mass is 250 g/mol. The first-order valence-electron chi connectivity index (χ1n) is 5.91. The summed E-state index contributed by atoms with van der Waals surface area (Å²) in [6.45, 7) is 2.50. The summed E-state index contributed by atoms with van der Waals surface area (Å²) >= 11 is 0. The third kappa shape index (κ3) is 4.18. The predicted molar refractivity (Wildman–Crippen MR) is 68.1 cm³/mol. The summed E-state index contributed by atoms with van der Waals surface area (Å²) < 4.78 is 0. The molecule has 0 aromatic heterocycles. The van der Waals surface area contributed by atoms with E-state index >= 15 is 0 Å². The first-order chi connectivity index (χ1) is 8.69. The molecule has 0 bridgehead atoms. The molecule has 2 amide bonds. The number of nitrogens with zero attached hydrogens (tertiary/aromatic N) is 1. The van der Waals surface area contributed by atoms with Gasteiger partial charge in [0, 0.05) is 18.7 Å². The molecule has 5 heteroatoms. The molecule has 1 aromatic carbocycles. The van der Waals surface area contributed by atoms with Crippen molar-refractivity contribution in [1.29, 1.82) is 0 Å². The Hall–Kier alpha value is -1.88. The second-order valence-electron chi connectivity index (χ2n) is 3.75. The van der Waals surface area contributed by atoms with Gasteiger partial charge in [0.2, 0.25) is 5.91 Å². The van der Waals surface area contributed by atoms with Gasteiger partial charge in [-0.15, -0.1) is 0 Å². The first kappa shape index (κ1) is 14.2. The Morgan fingerprint density at radius 3 is 2.50 bits per heavy atom. The Balaban J connectivity index is 2.45. The topological polar surface area (TPSA) is 69.6 Å². The molecule has 0 saturated heterocycles. The number of benzene rings is 1. The molecule has 0 spiro atoms. The fourth-order valence-electron chi connectivity index (χ4n) is 1.54. The minimum Gasteiger partial charge on any atom is -0.395 e. The Kier molecular flexibility index (Phi) is 5.87. The molecule has 98 valence electrons. The van der Waals surface area contributed by atoms with E-state index in [0.717, 1.165) is 0 Å². The Morgan fingerprint density at radius 1 is 1.28 bits per heavy atom. The fourth-order valence-corrected chi connectivity index (χ4v) is 1.54. The van der Waals surface area contributed by atoms with Crippen molar-refractivity contribution >= 4 is 11.8 Å². The fraction of sp³-hybridized carbons (Fsp3) is 0.385. The average molecular weight is 250 g/mol. The number of likely N-dealkylation sites (N-methyl/N-ethyl adjacent to an activating group) is 1. The highest BCUT2D eigenvalue weighted by molar-refractivity contribution is 5.96. The molecule has 0 fully saturated rings. The van der Waals surface area contributed by atoms with E-state index in [0.29, 0.717) is 12.1 Å². The van der Waals surface area contributed by atoms with Crippen molar-refractivity contribution in [2.75, 3.05) is 26.2 Å². The SMILES string of the molecule is CCN(CCO)C(=O)CNC(=O)c1ccccc1. The standard InChI is InChI=1S/C13H18N2O3/c1-2-15(8-9-16)12(17)10-14-13(18)11-6-4-3-5-7-11/h3-7,16H,2,8-10H2,1H3,(H,14,18). The molecule has 0 unspecified atom stereocenters. The van der Waals surface area contributed by atoms with Crippen molar-refractivity contribution in [3.8, 4) is 0 Å². The van der Waals surface area contributed by atoms with Crippen LogP contribution >= 0.6 is 0 Å². The number of rotatable bonds is 6. The van der Waals surface area contributed by atoms with Crippen LogP contribution in [0.15, 0.2) is 30.3 Å². The molecule has 0 atom stereocenters. The van der Waals surface area contributed by atoms with Crippen molar-refractivity contribution < 1.29 is 14.7 Å². The number of nitrogens with one attached hydrogen (secondary N) is 1. The largest absolute Gasteiger partial charge is 0.395 e. The van der Waals surface area contributed by atoms with Crippen LogP contribution in [0.4, 0.5) is 0 Å². The lowest BCUT2D eigenvalue weighted by molar-refractivity contribution is -0.130. The summed E-state index contributed by atoms with van der Waals surface area (Å²) in [5.41, 5.74) is 0.524. The third-order valence-electron chi connectivity index (χ3n) is 2.54. The highest BCUT2D eigenvalue weighted by Crippen LogP contribution is 1.97. The molecule has 1 rings (SSSR count). The molecule has 0 saturated carbocycles. The summed E-state index contributed by atoms with van der Waals surface area (Å²) in [7, 11) is 0. The maximum Gasteiger partial charge on any atom is 0.251 e. The van der Waals surface area contributed by atoms with Crippen LogP contribution in [0.5, 0.6) is 0 Å². The minimum atomic E-state index is -0.274. The van der Waals surface area contributed by atoms with E-state index < -0.39 is 0 Å². The smallest absolute Gasteiger partial charge is 0.251 e. The van der Waals surface area contributed by atoms with Gasteiger partial charge in [-0.3, -0.25) is 9.59 Å². The zero-order valence-electron chi connectivity index (χ0n) is 10.4. The van der Waals surface area contributed by atoms with Gasteiger partial charge < -0.3 is 15.3 Å². The van der Waals surface area contributed by atoms with E-state index in [1.807, 2.05) is 13.0 Å². The van der Waals surface area contributed by atoms with Crippen molar-refractivity contribution in [2.45, 2.75) is 6.92 Å². The molecule has 5 nitrogen and oxygen atoms in total. The van der Waals surface area contributed by atoms with Gasteiger partial charge in [0.15, 0.2) is 0 Å². The Bertz CT molecular complexity index is 392. The van der Waals surface area contributed by atoms with Gasteiger partial charge >= 0.3 is 0 Å². The van der Waals surface area contributed by atoms with Gasteiger partial charge in [-0.05, 0) is 19.1 Å². The number of carbonyl (C=O) groups excluding carboxylic acids is 2. The summed E-state index contributed by atoms with van der Waals surface area (Å²) in [5, 5.41) is 11.4. The van der Waals surface area contributed by atoms with Crippen LogP contribution in [0.25, 0.3) is 0 Å². The summed E-state index contributed by atoms with van der Waals surface area (Å²) in [6, 6.07) is 8.72. The van der Waals surface area contributed by atoms with Crippen molar-refractivity contribution in [3.05, 3.63) is 35.9 Å². The second kappa shape index (κ2) is 7.45. The molecule has 0 aliphatic carbocycles. The number of aliphatic hydroxyl groups is 1. The van der Waals surface area contributed by atoms with Gasteiger partial charge in [-0.2, -0.15) is 0 Å². The van der Waals surface area contributed by atoms with Crippen molar-refractivity contribution in [1.82, 2.24) is 10.2 Å². The highest BCUT2D eigenvalue weighted by Gasteiger charge is 2.12. The molecule has 18 heavy (non-hydrogen) atoms. The van der Waals surface area contributed by atoms with E-state index in [4.69, 9.17) is 5.11 Å². The van der Waals surface area contributed by atoms with E-state index in [1.54, 1.807) is 24.3 Å². The lowest BCUT2D eigenvalue weighted by Gasteiger charge is -2.19. The summed E-state index contributed by atoms with van der Waals surface area (Å²) in [4.78, 5) is 24.9. The number of aliphatic hydroxyl groups excluding tert-OH is 1. The molecule has 1 aromatic rings. The van der Waals surface area contributed by atoms with E-state index in [-0.39, 0.29) is 31.5 Å². The van der Waals surface area contributed by atoms with E-state index in [2.05, 4.69) is 5.32 Å². The molecule has 0 aliphatic rings. The maximum absolute atomic E-state index is 11.7. The second-order valence-corrected chi connectivity index (χ2v) is 3.75. The predicted octanol–water partition coefficient (Wildman–Crippen LogP) is 0.257. The van der Waals surface area contributed by atoms with Gasteiger partial charge in [0.25, 0.3) is 5.91 Å². The molecule has 0 aliphatic heterocycles. The molecule has 0 heterocycles. The zero-order chi connectivity index (χ0) is 13.4. The Labute approximate surface area is 106 Å². The van der Waals surface area contributed by atoms with E-state index in [1.165, 1.54) is 4.90 Å². The highest BCUT2D eigenvalue weighted by atomic mass is 16.3. The van der Waals surface area contributed by atoms with Crippen LogP contribution in [0.2, 0.25) is 0 Å². The van der Waals surface area contributed by atoms with Crippen LogP contribution in [-0.4, -0.2) is 48.1 Å². The number of hydrogen-bond acceptors (Lipinski definition) is 3. The Morgan fingerprint density at radius 2 is 1.94 bits per heavy atom. The van der Waals surface area contributed by atoms with Crippen LogP contribution in [0.3, 0.4) is 0 Å². The van der Waals surface area contributed by atoms with Crippen molar-refractivity contribution in [2.24, 2.45) is 0 Å². The van der Waals surface area contributed by atoms with Crippen molar-refractivity contribution in [3.63, 3.8) is 0 Å². The van der Waals surface area contributed by atoms with Gasteiger partial charge in [-0.25, -0.2) is 0 Å². The number of carbonyl (C=O) groups is 2. The van der Waals surface area contributed by atoms with Gasteiger partial charge in [-0.1, -0.05) is 18.2 Å². The lowest BCUT2D eigenvalue weighted by atomic mass is 10.2. The van der Waals surface area contributed by atoms with Crippen LogP contribution in [-0.2, 0) is 4.79 Å².